The van der Waals surface area contributed by atoms with E-state index in [1.165, 1.54) is 54.3 Å². The highest BCUT2D eigenvalue weighted by Gasteiger charge is 2.19. The van der Waals surface area contributed by atoms with Crippen molar-refractivity contribution in [1.29, 1.82) is 0 Å². The van der Waals surface area contributed by atoms with E-state index in [9.17, 15) is 9.18 Å². The van der Waals surface area contributed by atoms with Crippen LogP contribution in [0.5, 0.6) is 0 Å². The topological polar surface area (TPSA) is 63.1 Å². The van der Waals surface area contributed by atoms with Crippen molar-refractivity contribution in [1.82, 2.24) is 25.0 Å². The van der Waals surface area contributed by atoms with Crippen LogP contribution in [0.15, 0.2) is 53.7 Å². The van der Waals surface area contributed by atoms with Crippen LogP contribution < -0.4 is 5.32 Å². The van der Waals surface area contributed by atoms with E-state index in [2.05, 4.69) is 58.5 Å². The van der Waals surface area contributed by atoms with E-state index in [0.717, 1.165) is 31.0 Å². The summed E-state index contributed by atoms with van der Waals surface area (Å²) < 4.78 is 15.5. The van der Waals surface area contributed by atoms with Gasteiger partial charge in [0.2, 0.25) is 5.91 Å². The number of halogens is 1. The quantitative estimate of drug-likeness (QED) is 0.403. The molecule has 8 heteroatoms. The first-order valence-electron chi connectivity index (χ1n) is 12.4. The molecule has 1 N–H and O–H groups in total. The third kappa shape index (κ3) is 7.15. The first-order chi connectivity index (χ1) is 17.0. The summed E-state index contributed by atoms with van der Waals surface area (Å²) in [5.41, 5.74) is 3.33. The third-order valence-corrected chi connectivity index (χ3v) is 7.24. The van der Waals surface area contributed by atoms with Gasteiger partial charge in [0.05, 0.1) is 12.3 Å². The molecule has 0 aliphatic carbocycles. The van der Waals surface area contributed by atoms with Gasteiger partial charge in [-0.1, -0.05) is 56.3 Å². The molecule has 0 saturated carbocycles. The lowest BCUT2D eigenvalue weighted by Crippen LogP contribution is -2.30. The molecule has 0 unspecified atom stereocenters. The van der Waals surface area contributed by atoms with E-state index < -0.39 is 0 Å². The second-order valence-electron chi connectivity index (χ2n) is 9.33. The van der Waals surface area contributed by atoms with Crippen LogP contribution >= 0.6 is 11.8 Å². The van der Waals surface area contributed by atoms with Crippen molar-refractivity contribution in [3.63, 3.8) is 0 Å². The van der Waals surface area contributed by atoms with E-state index in [-0.39, 0.29) is 17.5 Å². The Hall–Kier alpha value is -2.71. The molecule has 0 bridgehead atoms. The number of hydrogen-bond acceptors (Lipinski definition) is 5. The zero-order chi connectivity index (χ0) is 24.6. The molecular weight excluding hydrogens is 461 g/mol. The van der Waals surface area contributed by atoms with Crippen LogP contribution in [0.1, 0.15) is 56.0 Å². The van der Waals surface area contributed by atoms with Crippen LogP contribution in [-0.2, 0) is 17.8 Å². The minimum Gasteiger partial charge on any atom is -0.355 e. The van der Waals surface area contributed by atoms with Crippen molar-refractivity contribution >= 4 is 17.7 Å². The fourth-order valence-electron chi connectivity index (χ4n) is 4.26. The number of likely N-dealkylation sites (tertiary alicyclic amines) is 1. The van der Waals surface area contributed by atoms with Gasteiger partial charge in [-0.3, -0.25) is 14.3 Å². The lowest BCUT2D eigenvalue weighted by atomic mass is 10.0. The molecule has 1 saturated heterocycles. The van der Waals surface area contributed by atoms with Gasteiger partial charge in [-0.05, 0) is 73.7 Å². The summed E-state index contributed by atoms with van der Waals surface area (Å²) in [5, 5.41) is 12.5. The Labute approximate surface area is 211 Å². The number of carbonyl (C=O) groups is 1. The number of hydrogen-bond donors (Lipinski definition) is 1. The molecule has 3 aromatic rings. The summed E-state index contributed by atoms with van der Waals surface area (Å²) in [7, 11) is 0. The number of carbonyl (C=O) groups excluding carboxylic acids is 1. The van der Waals surface area contributed by atoms with Gasteiger partial charge in [-0.15, -0.1) is 10.2 Å². The Morgan fingerprint density at radius 3 is 2.43 bits per heavy atom. The monoisotopic (exact) mass is 495 g/mol. The summed E-state index contributed by atoms with van der Waals surface area (Å²) in [6.07, 6.45) is 4.43. The summed E-state index contributed by atoms with van der Waals surface area (Å²) >= 11 is 1.35. The number of amides is 1. The van der Waals surface area contributed by atoms with Gasteiger partial charge in [0.15, 0.2) is 11.0 Å². The molecule has 1 aliphatic rings. The normalized spacial score (nSPS) is 14.4. The number of nitrogens with one attached hydrogen (secondary N) is 1. The average molecular weight is 496 g/mol. The second-order valence-corrected chi connectivity index (χ2v) is 10.3. The van der Waals surface area contributed by atoms with Gasteiger partial charge in [0.25, 0.3) is 0 Å². The van der Waals surface area contributed by atoms with Crippen molar-refractivity contribution in [2.45, 2.75) is 57.1 Å². The lowest BCUT2D eigenvalue weighted by molar-refractivity contribution is -0.118. The average Bonchev–Trinajstić information content (AvgIpc) is 3.26. The highest BCUT2D eigenvalue weighted by atomic mass is 32.2. The molecule has 1 amide bonds. The van der Waals surface area contributed by atoms with Gasteiger partial charge in [0, 0.05) is 12.2 Å². The Bertz CT molecular complexity index is 1090. The Morgan fingerprint density at radius 1 is 1.03 bits per heavy atom. The van der Waals surface area contributed by atoms with Crippen LogP contribution in [0.3, 0.4) is 0 Å². The van der Waals surface area contributed by atoms with E-state index in [4.69, 9.17) is 0 Å². The van der Waals surface area contributed by atoms with E-state index >= 15 is 0 Å². The maximum absolute atomic E-state index is 13.5. The molecule has 0 atom stereocenters. The standard InChI is InChI=1S/C27H34FN5OS/c1-20(2)22-8-6-21(7-9-22)14-15-29-26(34)19-35-27-31-30-25(18-32-16-4-3-5-17-32)33(27)24-12-10-23(28)11-13-24/h6-13,20H,3-5,14-19H2,1-2H3,(H,29,34). The number of aromatic nitrogens is 3. The Morgan fingerprint density at radius 2 is 1.74 bits per heavy atom. The van der Waals surface area contributed by atoms with Crippen LogP contribution in [0.2, 0.25) is 0 Å². The van der Waals surface area contributed by atoms with Gasteiger partial charge >= 0.3 is 0 Å². The van der Waals surface area contributed by atoms with Gasteiger partial charge in [-0.2, -0.15) is 0 Å². The summed E-state index contributed by atoms with van der Waals surface area (Å²) in [4.78, 5) is 14.9. The van der Waals surface area contributed by atoms with Crippen molar-refractivity contribution in [2.24, 2.45) is 0 Å². The molecule has 2 aromatic carbocycles. The van der Waals surface area contributed by atoms with Crippen molar-refractivity contribution in [3.8, 4) is 5.69 Å². The largest absolute Gasteiger partial charge is 0.355 e. The highest BCUT2D eigenvalue weighted by molar-refractivity contribution is 7.99. The molecule has 0 spiro atoms. The zero-order valence-electron chi connectivity index (χ0n) is 20.5. The van der Waals surface area contributed by atoms with Crippen molar-refractivity contribution in [2.75, 3.05) is 25.4 Å². The van der Waals surface area contributed by atoms with Crippen molar-refractivity contribution in [3.05, 3.63) is 71.3 Å². The molecule has 186 valence electrons. The molecule has 35 heavy (non-hydrogen) atoms. The van der Waals surface area contributed by atoms with Crippen LogP contribution in [0, 0.1) is 5.82 Å². The molecular formula is C27H34FN5OS. The molecule has 2 heterocycles. The van der Waals surface area contributed by atoms with Gasteiger partial charge in [0.1, 0.15) is 5.82 Å². The second kappa shape index (κ2) is 12.3. The SMILES string of the molecule is CC(C)c1ccc(CCNC(=O)CSc2nnc(CN3CCCCC3)n2-c2ccc(F)cc2)cc1. The Kier molecular flexibility index (Phi) is 8.93. The van der Waals surface area contributed by atoms with E-state index in [1.54, 1.807) is 12.1 Å². The van der Waals surface area contributed by atoms with Crippen LogP contribution in [-0.4, -0.2) is 51.0 Å². The minimum absolute atomic E-state index is 0.0416. The van der Waals surface area contributed by atoms with Crippen molar-refractivity contribution < 1.29 is 9.18 Å². The number of piperidine rings is 1. The number of nitrogens with zero attached hydrogens (tertiary/aromatic N) is 4. The molecule has 1 aromatic heterocycles. The maximum Gasteiger partial charge on any atom is 0.230 e. The lowest BCUT2D eigenvalue weighted by Gasteiger charge is -2.26. The minimum atomic E-state index is -0.285. The molecule has 4 rings (SSSR count). The Balaban J connectivity index is 1.36. The van der Waals surface area contributed by atoms with Crippen LogP contribution in [0.25, 0.3) is 5.69 Å². The van der Waals surface area contributed by atoms with E-state index in [1.807, 2.05) is 4.57 Å². The van der Waals surface area contributed by atoms with Crippen LogP contribution in [0.4, 0.5) is 4.39 Å². The molecule has 6 nitrogen and oxygen atoms in total. The fourth-order valence-corrected chi connectivity index (χ4v) is 5.06. The summed E-state index contributed by atoms with van der Waals surface area (Å²) in [6.45, 7) is 7.72. The maximum atomic E-state index is 13.5. The molecule has 0 radical (unpaired) electrons. The predicted octanol–water partition coefficient (Wildman–Crippen LogP) is 4.97. The van der Waals surface area contributed by atoms with Gasteiger partial charge in [-0.25, -0.2) is 4.39 Å². The molecule has 1 fully saturated rings. The van der Waals surface area contributed by atoms with Gasteiger partial charge < -0.3 is 5.32 Å². The molecule has 1 aliphatic heterocycles. The first kappa shape index (κ1) is 25.4. The van der Waals surface area contributed by atoms with E-state index in [0.29, 0.717) is 24.2 Å². The number of benzene rings is 2. The highest BCUT2D eigenvalue weighted by Crippen LogP contribution is 2.24. The predicted molar refractivity (Wildman–Crippen MR) is 138 cm³/mol. The number of thioether (sulfide) groups is 1. The summed E-state index contributed by atoms with van der Waals surface area (Å²) in [6, 6.07) is 14.9. The zero-order valence-corrected chi connectivity index (χ0v) is 21.4. The first-order valence-corrected chi connectivity index (χ1v) is 13.4. The smallest absolute Gasteiger partial charge is 0.230 e. The summed E-state index contributed by atoms with van der Waals surface area (Å²) in [5.74, 6) is 1.24. The fraction of sp³-hybridized carbons (Fsp3) is 0.444. The number of rotatable bonds is 10. The third-order valence-electron chi connectivity index (χ3n) is 6.31.